The summed E-state index contributed by atoms with van der Waals surface area (Å²) in [7, 11) is -2.99. The quantitative estimate of drug-likeness (QED) is 0.737. The maximum Gasteiger partial charge on any atom is 0.211 e. The number of halogens is 1. The Morgan fingerprint density at radius 1 is 1.47 bits per heavy atom. The fourth-order valence-electron chi connectivity index (χ4n) is 1.72. The summed E-state index contributed by atoms with van der Waals surface area (Å²) in [6.45, 7) is 4.58. The van der Waals surface area contributed by atoms with Crippen LogP contribution in [0.5, 0.6) is 0 Å². The molecule has 1 saturated heterocycles. The van der Waals surface area contributed by atoms with Crippen molar-refractivity contribution in [1.29, 1.82) is 0 Å². The van der Waals surface area contributed by atoms with Gasteiger partial charge in [-0.25, -0.2) is 13.1 Å². The van der Waals surface area contributed by atoms with Crippen LogP contribution in [0.1, 0.15) is 26.2 Å². The van der Waals surface area contributed by atoms with Gasteiger partial charge < -0.3 is 5.32 Å². The van der Waals surface area contributed by atoms with Gasteiger partial charge in [-0.05, 0) is 38.3 Å². The highest BCUT2D eigenvalue weighted by Crippen LogP contribution is 2.10. The Bertz CT molecular complexity index is 251. The predicted molar refractivity (Wildman–Crippen MR) is 64.9 cm³/mol. The van der Waals surface area contributed by atoms with Crippen LogP contribution in [-0.4, -0.2) is 33.8 Å². The van der Waals surface area contributed by atoms with Crippen molar-refractivity contribution in [2.24, 2.45) is 5.92 Å². The molecule has 0 spiro atoms. The Morgan fingerprint density at radius 2 is 2.20 bits per heavy atom. The molecule has 1 heterocycles. The van der Waals surface area contributed by atoms with Crippen molar-refractivity contribution < 1.29 is 8.42 Å². The Morgan fingerprint density at radius 3 is 2.73 bits per heavy atom. The summed E-state index contributed by atoms with van der Waals surface area (Å²) in [5, 5.41) is 3.27. The van der Waals surface area contributed by atoms with Crippen LogP contribution in [0.2, 0.25) is 0 Å². The lowest BCUT2D eigenvalue weighted by atomic mass is 10.1. The lowest BCUT2D eigenvalue weighted by molar-refractivity contribution is 0.519. The highest BCUT2D eigenvalue weighted by molar-refractivity contribution is 7.89. The van der Waals surface area contributed by atoms with Crippen LogP contribution in [0.4, 0.5) is 0 Å². The lowest BCUT2D eigenvalue weighted by Crippen LogP contribution is -2.28. The third kappa shape index (κ3) is 6.35. The summed E-state index contributed by atoms with van der Waals surface area (Å²) >= 11 is 0. The van der Waals surface area contributed by atoms with Crippen molar-refractivity contribution >= 4 is 22.4 Å². The zero-order valence-electron chi connectivity index (χ0n) is 9.16. The molecule has 1 aliphatic rings. The zero-order chi connectivity index (χ0) is 10.4. The number of hydrogen-bond donors (Lipinski definition) is 2. The third-order valence-corrected chi connectivity index (χ3v) is 4.10. The SMILES string of the molecule is CCCS(=O)(=O)NCCC1CCNC1.Cl. The van der Waals surface area contributed by atoms with E-state index < -0.39 is 10.0 Å². The van der Waals surface area contributed by atoms with E-state index >= 15 is 0 Å². The van der Waals surface area contributed by atoms with Crippen molar-refractivity contribution in [3.63, 3.8) is 0 Å². The largest absolute Gasteiger partial charge is 0.316 e. The molecule has 0 amide bonds. The molecule has 1 aliphatic heterocycles. The molecular formula is C9H21ClN2O2S. The molecule has 0 bridgehead atoms. The molecule has 0 radical (unpaired) electrons. The fourth-order valence-corrected chi connectivity index (χ4v) is 2.83. The van der Waals surface area contributed by atoms with Crippen molar-refractivity contribution in [3.8, 4) is 0 Å². The second-order valence-electron chi connectivity index (χ2n) is 3.86. The average molecular weight is 257 g/mol. The second-order valence-corrected chi connectivity index (χ2v) is 5.79. The average Bonchev–Trinajstić information content (AvgIpc) is 2.56. The van der Waals surface area contributed by atoms with E-state index in [-0.39, 0.29) is 18.2 Å². The highest BCUT2D eigenvalue weighted by atomic mass is 35.5. The van der Waals surface area contributed by atoms with E-state index in [1.165, 1.54) is 6.42 Å². The van der Waals surface area contributed by atoms with Crippen LogP contribution in [0.25, 0.3) is 0 Å². The summed E-state index contributed by atoms with van der Waals surface area (Å²) < 4.78 is 25.2. The monoisotopic (exact) mass is 256 g/mol. The van der Waals surface area contributed by atoms with E-state index in [0.29, 0.717) is 18.9 Å². The van der Waals surface area contributed by atoms with E-state index in [9.17, 15) is 8.42 Å². The molecule has 0 saturated carbocycles. The smallest absolute Gasteiger partial charge is 0.211 e. The second kappa shape index (κ2) is 7.44. The molecule has 15 heavy (non-hydrogen) atoms. The maximum absolute atomic E-state index is 11.3. The molecule has 0 aliphatic carbocycles. The van der Waals surface area contributed by atoms with E-state index in [2.05, 4.69) is 10.0 Å². The van der Waals surface area contributed by atoms with E-state index in [4.69, 9.17) is 0 Å². The van der Waals surface area contributed by atoms with Gasteiger partial charge in [-0.15, -0.1) is 12.4 Å². The summed E-state index contributed by atoms with van der Waals surface area (Å²) in [6, 6.07) is 0. The molecule has 0 aromatic heterocycles. The van der Waals surface area contributed by atoms with Crippen LogP contribution < -0.4 is 10.0 Å². The van der Waals surface area contributed by atoms with Gasteiger partial charge in [0.2, 0.25) is 10.0 Å². The van der Waals surface area contributed by atoms with Crippen molar-refractivity contribution in [1.82, 2.24) is 10.0 Å². The van der Waals surface area contributed by atoms with E-state index in [1.54, 1.807) is 0 Å². The molecule has 2 N–H and O–H groups in total. The minimum atomic E-state index is -2.99. The first-order chi connectivity index (χ1) is 6.64. The number of nitrogens with one attached hydrogen (secondary N) is 2. The van der Waals surface area contributed by atoms with Gasteiger partial charge in [-0.1, -0.05) is 6.92 Å². The van der Waals surface area contributed by atoms with Crippen molar-refractivity contribution in [3.05, 3.63) is 0 Å². The van der Waals surface area contributed by atoms with Crippen LogP contribution in [-0.2, 0) is 10.0 Å². The Balaban J connectivity index is 0.00000196. The molecule has 1 unspecified atom stereocenters. The highest BCUT2D eigenvalue weighted by Gasteiger charge is 2.15. The summed E-state index contributed by atoms with van der Waals surface area (Å²) in [5.41, 5.74) is 0. The van der Waals surface area contributed by atoms with Gasteiger partial charge in [-0.3, -0.25) is 0 Å². The molecule has 1 atom stereocenters. The number of rotatable bonds is 6. The summed E-state index contributed by atoms with van der Waals surface area (Å²) in [5.74, 6) is 0.898. The van der Waals surface area contributed by atoms with Crippen molar-refractivity contribution in [2.75, 3.05) is 25.4 Å². The molecule has 1 rings (SSSR count). The standard InChI is InChI=1S/C9H20N2O2S.ClH/c1-2-7-14(12,13)11-6-4-9-3-5-10-8-9;/h9-11H,2-8H2,1H3;1H. The molecule has 0 aromatic rings. The van der Waals surface area contributed by atoms with Gasteiger partial charge >= 0.3 is 0 Å². The van der Waals surface area contributed by atoms with E-state index in [1.807, 2.05) is 6.92 Å². The first kappa shape index (κ1) is 15.2. The Labute approximate surface area is 98.7 Å². The molecular weight excluding hydrogens is 236 g/mol. The Kier molecular flexibility index (Phi) is 7.52. The molecule has 0 aromatic carbocycles. The summed E-state index contributed by atoms with van der Waals surface area (Å²) in [4.78, 5) is 0. The van der Waals surface area contributed by atoms with Crippen LogP contribution >= 0.6 is 12.4 Å². The van der Waals surface area contributed by atoms with Crippen LogP contribution in [0, 0.1) is 5.92 Å². The molecule has 92 valence electrons. The Hall–Kier alpha value is 0.160. The topological polar surface area (TPSA) is 58.2 Å². The predicted octanol–water partition coefficient (Wildman–Crippen LogP) is 0.737. The molecule has 6 heteroatoms. The van der Waals surface area contributed by atoms with Gasteiger partial charge in [0.15, 0.2) is 0 Å². The minimum Gasteiger partial charge on any atom is -0.316 e. The number of sulfonamides is 1. The third-order valence-electron chi connectivity index (χ3n) is 2.51. The van der Waals surface area contributed by atoms with Crippen LogP contribution in [0.15, 0.2) is 0 Å². The number of hydrogen-bond acceptors (Lipinski definition) is 3. The van der Waals surface area contributed by atoms with Gasteiger partial charge in [0.05, 0.1) is 5.75 Å². The van der Waals surface area contributed by atoms with Crippen molar-refractivity contribution in [2.45, 2.75) is 26.2 Å². The van der Waals surface area contributed by atoms with E-state index in [0.717, 1.165) is 19.5 Å². The zero-order valence-corrected chi connectivity index (χ0v) is 10.8. The lowest BCUT2D eigenvalue weighted by Gasteiger charge is -2.09. The first-order valence-corrected chi connectivity index (χ1v) is 6.97. The molecule has 4 nitrogen and oxygen atoms in total. The van der Waals surface area contributed by atoms with Gasteiger partial charge in [0.1, 0.15) is 0 Å². The van der Waals surface area contributed by atoms with Gasteiger partial charge in [0.25, 0.3) is 0 Å². The van der Waals surface area contributed by atoms with Gasteiger partial charge in [0, 0.05) is 6.54 Å². The minimum absolute atomic E-state index is 0. The van der Waals surface area contributed by atoms with Crippen LogP contribution in [0.3, 0.4) is 0 Å². The first-order valence-electron chi connectivity index (χ1n) is 5.32. The normalized spacial score (nSPS) is 21.3. The summed E-state index contributed by atoms with van der Waals surface area (Å²) in [6.07, 6.45) is 2.81. The fraction of sp³-hybridized carbons (Fsp3) is 1.00. The molecule has 1 fully saturated rings. The maximum atomic E-state index is 11.3. The van der Waals surface area contributed by atoms with Gasteiger partial charge in [-0.2, -0.15) is 0 Å².